The normalized spacial score (nSPS) is 17.3. The van der Waals surface area contributed by atoms with Gasteiger partial charge in [0.2, 0.25) is 0 Å². The number of hydrogen-bond donors (Lipinski definition) is 1. The second-order valence-corrected chi connectivity index (χ2v) is 9.63. The third-order valence-electron chi connectivity index (χ3n) is 7.08. The highest BCUT2D eigenvalue weighted by Crippen LogP contribution is 2.62. The van der Waals surface area contributed by atoms with Crippen molar-refractivity contribution in [1.29, 1.82) is 0 Å². The van der Waals surface area contributed by atoms with E-state index in [-0.39, 0.29) is 11.1 Å². The first-order chi connectivity index (χ1) is 17.9. The number of benzene rings is 2. The van der Waals surface area contributed by atoms with E-state index in [0.717, 1.165) is 13.0 Å². The van der Waals surface area contributed by atoms with E-state index in [1.807, 2.05) is 0 Å². The Balaban J connectivity index is 2.78. The van der Waals surface area contributed by atoms with Crippen molar-refractivity contribution in [3.05, 3.63) is 71.3 Å². The van der Waals surface area contributed by atoms with Crippen LogP contribution in [0.25, 0.3) is 0 Å². The number of alkyl halides is 13. The molecular weight excluding hydrogens is 575 g/mol. The van der Waals surface area contributed by atoms with Crippen molar-refractivity contribution >= 4 is 0 Å². The average Bonchev–Trinajstić information content (AvgIpc) is 2.86. The van der Waals surface area contributed by atoms with Crippen LogP contribution in [0.15, 0.2) is 54.6 Å². The number of aliphatic hydroxyl groups is 1. The third kappa shape index (κ3) is 5.27. The lowest BCUT2D eigenvalue weighted by Crippen LogP contribution is -2.70. The van der Waals surface area contributed by atoms with E-state index in [9.17, 15) is 53.4 Å². The summed E-state index contributed by atoms with van der Waals surface area (Å²) >= 11 is 0. The van der Waals surface area contributed by atoms with Gasteiger partial charge in [-0.2, -0.15) is 57.1 Å². The minimum Gasteiger partial charge on any atom is -0.384 e. The van der Waals surface area contributed by atoms with Gasteiger partial charge in [0.15, 0.2) is 0 Å². The van der Waals surface area contributed by atoms with Crippen LogP contribution >= 0.6 is 0 Å². The highest BCUT2D eigenvalue weighted by Gasteiger charge is 2.90. The number of halogens is 13. The standard InChI is InChI=1S/C26H25F13O/c1-4-15(2)18-12-8-9-13-19(18)20(40,16(3)17-10-6-5-7-11-17)14-21(27,28)22(29,30)23(31,32)24(33,34)25(35,36)26(37,38)39/h5-13,15-16,40H,4,14H2,1-3H3. The Morgan fingerprint density at radius 3 is 1.55 bits per heavy atom. The smallest absolute Gasteiger partial charge is 0.384 e. The van der Waals surface area contributed by atoms with Gasteiger partial charge >= 0.3 is 35.8 Å². The molecule has 2 aromatic rings. The van der Waals surface area contributed by atoms with E-state index in [1.165, 1.54) is 48.5 Å². The Bertz CT molecular complexity index is 1140. The van der Waals surface area contributed by atoms with Crippen LogP contribution in [-0.4, -0.2) is 40.9 Å². The van der Waals surface area contributed by atoms with E-state index >= 15 is 8.78 Å². The maximum Gasteiger partial charge on any atom is 0.460 e. The van der Waals surface area contributed by atoms with Gasteiger partial charge in [-0.05, 0) is 29.0 Å². The molecule has 2 rings (SSSR count). The van der Waals surface area contributed by atoms with Gasteiger partial charge < -0.3 is 5.11 Å². The van der Waals surface area contributed by atoms with E-state index in [1.54, 1.807) is 13.8 Å². The summed E-state index contributed by atoms with van der Waals surface area (Å²) in [4.78, 5) is 0. The molecule has 14 heteroatoms. The van der Waals surface area contributed by atoms with Gasteiger partial charge in [0.25, 0.3) is 0 Å². The van der Waals surface area contributed by atoms with Crippen molar-refractivity contribution < 1.29 is 62.2 Å². The van der Waals surface area contributed by atoms with Crippen molar-refractivity contribution in [2.75, 3.05) is 0 Å². The van der Waals surface area contributed by atoms with Crippen LogP contribution in [0.2, 0.25) is 0 Å². The van der Waals surface area contributed by atoms with E-state index < -0.39 is 65.2 Å². The quantitative estimate of drug-likeness (QED) is 0.255. The van der Waals surface area contributed by atoms with Gasteiger partial charge in [-0.1, -0.05) is 75.4 Å². The lowest BCUT2D eigenvalue weighted by Gasteiger charge is -2.44. The Kier molecular flexibility index (Phi) is 9.03. The first kappa shape index (κ1) is 33.7. The van der Waals surface area contributed by atoms with Gasteiger partial charge in [0, 0.05) is 5.92 Å². The van der Waals surface area contributed by atoms with Gasteiger partial charge in [-0.15, -0.1) is 0 Å². The molecule has 0 bridgehead atoms. The molecular formula is C26H25F13O. The van der Waals surface area contributed by atoms with Crippen LogP contribution in [0.5, 0.6) is 0 Å². The molecule has 3 atom stereocenters. The summed E-state index contributed by atoms with van der Waals surface area (Å²) in [6.45, 7) is 4.22. The van der Waals surface area contributed by atoms with Gasteiger partial charge in [-0.25, -0.2) is 0 Å². The van der Waals surface area contributed by atoms with E-state index in [2.05, 4.69) is 0 Å². The molecule has 0 amide bonds. The maximum absolute atomic E-state index is 15.1. The lowest BCUT2D eigenvalue weighted by molar-refractivity contribution is -0.441. The van der Waals surface area contributed by atoms with Crippen LogP contribution in [0.3, 0.4) is 0 Å². The molecule has 0 radical (unpaired) electrons. The summed E-state index contributed by atoms with van der Waals surface area (Å²) in [6, 6.07) is 11.6. The maximum atomic E-state index is 15.1. The van der Waals surface area contributed by atoms with Crippen LogP contribution in [0.4, 0.5) is 57.1 Å². The first-order valence-electron chi connectivity index (χ1n) is 11.8. The van der Waals surface area contributed by atoms with Crippen LogP contribution in [-0.2, 0) is 5.60 Å². The molecule has 40 heavy (non-hydrogen) atoms. The second kappa shape index (κ2) is 10.7. The third-order valence-corrected chi connectivity index (χ3v) is 7.08. The molecule has 0 spiro atoms. The molecule has 0 saturated carbocycles. The van der Waals surface area contributed by atoms with Crippen molar-refractivity contribution in [2.45, 2.75) is 86.8 Å². The van der Waals surface area contributed by atoms with Crippen molar-refractivity contribution in [2.24, 2.45) is 0 Å². The number of rotatable bonds is 11. The first-order valence-corrected chi connectivity index (χ1v) is 11.8. The van der Waals surface area contributed by atoms with Crippen LogP contribution < -0.4 is 0 Å². The zero-order chi connectivity index (χ0) is 31.2. The summed E-state index contributed by atoms with van der Waals surface area (Å²) in [5.74, 6) is -39.9. The SMILES string of the molecule is CCC(C)c1ccccc1C(O)(CC(F)(F)C(F)(F)C(F)(F)C(F)(F)C(F)(F)C(F)(F)F)C(C)c1ccccc1. The highest BCUT2D eigenvalue weighted by molar-refractivity contribution is 5.39. The Morgan fingerprint density at radius 1 is 0.625 bits per heavy atom. The molecule has 0 aliphatic heterocycles. The van der Waals surface area contributed by atoms with E-state index in [4.69, 9.17) is 0 Å². The van der Waals surface area contributed by atoms with Crippen molar-refractivity contribution in [3.63, 3.8) is 0 Å². The highest BCUT2D eigenvalue weighted by atomic mass is 19.4. The summed E-state index contributed by atoms with van der Waals surface area (Å²) in [5.41, 5.74) is -3.63. The minimum atomic E-state index is -8.01. The summed E-state index contributed by atoms with van der Waals surface area (Å²) in [5, 5.41) is 11.6. The zero-order valence-corrected chi connectivity index (χ0v) is 21.1. The average molecular weight is 600 g/mol. The molecule has 0 saturated heterocycles. The fourth-order valence-corrected chi connectivity index (χ4v) is 4.29. The summed E-state index contributed by atoms with van der Waals surface area (Å²) < 4.78 is 179. The molecule has 0 fully saturated rings. The fraction of sp³-hybridized carbons (Fsp3) is 0.538. The zero-order valence-electron chi connectivity index (χ0n) is 21.1. The molecule has 2 aromatic carbocycles. The van der Waals surface area contributed by atoms with Gasteiger partial charge in [0.05, 0.1) is 6.42 Å². The van der Waals surface area contributed by atoms with Gasteiger partial charge in [-0.3, -0.25) is 0 Å². The largest absolute Gasteiger partial charge is 0.460 e. The van der Waals surface area contributed by atoms with Gasteiger partial charge in [0.1, 0.15) is 5.60 Å². The van der Waals surface area contributed by atoms with Crippen LogP contribution in [0, 0.1) is 0 Å². The minimum absolute atomic E-state index is 0.00349. The molecule has 3 unspecified atom stereocenters. The summed E-state index contributed by atoms with van der Waals surface area (Å²) in [7, 11) is 0. The Morgan fingerprint density at radius 2 is 1.07 bits per heavy atom. The fourth-order valence-electron chi connectivity index (χ4n) is 4.29. The predicted molar refractivity (Wildman–Crippen MR) is 119 cm³/mol. The van der Waals surface area contributed by atoms with E-state index in [0.29, 0.717) is 6.42 Å². The monoisotopic (exact) mass is 600 g/mol. The molecule has 0 aliphatic rings. The van der Waals surface area contributed by atoms with Crippen molar-refractivity contribution in [1.82, 2.24) is 0 Å². The van der Waals surface area contributed by atoms with Crippen molar-refractivity contribution in [3.8, 4) is 0 Å². The number of hydrogen-bond acceptors (Lipinski definition) is 1. The summed E-state index contributed by atoms with van der Waals surface area (Å²) in [6.07, 6.45) is -9.95. The molecule has 1 N–H and O–H groups in total. The predicted octanol–water partition coefficient (Wildman–Crippen LogP) is 9.32. The molecule has 0 heterocycles. The molecule has 226 valence electrons. The molecule has 0 aliphatic carbocycles. The lowest BCUT2D eigenvalue weighted by atomic mass is 9.71. The molecule has 0 aromatic heterocycles. The Labute approximate surface area is 221 Å². The Hall–Kier alpha value is -2.51. The molecule has 1 nitrogen and oxygen atoms in total. The van der Waals surface area contributed by atoms with Crippen LogP contribution in [0.1, 0.15) is 62.1 Å². The second-order valence-electron chi connectivity index (χ2n) is 9.63. The topological polar surface area (TPSA) is 20.2 Å².